The molecular formula is C14H18BClO2. The van der Waals surface area contributed by atoms with Crippen LogP contribution in [0.25, 0.3) is 6.08 Å². The Morgan fingerprint density at radius 2 is 1.50 bits per heavy atom. The third-order valence-corrected chi connectivity index (χ3v) is 3.84. The first-order valence-corrected chi connectivity index (χ1v) is 6.47. The SMILES string of the molecule is CC1(C)OB(C=Cc2ccc(Cl)cc2)OC1(C)C. The summed E-state index contributed by atoms with van der Waals surface area (Å²) < 4.78 is 11.7. The molecule has 0 bridgehead atoms. The minimum atomic E-state index is -0.300. The molecule has 1 aromatic carbocycles. The van der Waals surface area contributed by atoms with Crippen LogP contribution >= 0.6 is 11.6 Å². The monoisotopic (exact) mass is 264 g/mol. The maximum Gasteiger partial charge on any atom is 0.487 e. The van der Waals surface area contributed by atoms with E-state index in [4.69, 9.17) is 20.9 Å². The minimum absolute atomic E-state index is 0.290. The van der Waals surface area contributed by atoms with E-state index in [0.717, 1.165) is 10.6 Å². The van der Waals surface area contributed by atoms with Gasteiger partial charge in [0.2, 0.25) is 0 Å². The summed E-state index contributed by atoms with van der Waals surface area (Å²) in [5.74, 6) is 1.93. The molecule has 2 nitrogen and oxygen atoms in total. The Kier molecular flexibility index (Phi) is 3.59. The van der Waals surface area contributed by atoms with Gasteiger partial charge >= 0.3 is 7.12 Å². The van der Waals surface area contributed by atoms with Crippen LogP contribution < -0.4 is 0 Å². The van der Waals surface area contributed by atoms with Gasteiger partial charge in [0.05, 0.1) is 11.2 Å². The van der Waals surface area contributed by atoms with Crippen LogP contribution in [0, 0.1) is 0 Å². The zero-order valence-electron chi connectivity index (χ0n) is 11.2. The van der Waals surface area contributed by atoms with Crippen molar-refractivity contribution in [3.05, 3.63) is 40.8 Å². The molecule has 0 atom stereocenters. The summed E-state index contributed by atoms with van der Waals surface area (Å²) in [6.07, 6.45) is 1.98. The number of hydrogen-bond donors (Lipinski definition) is 0. The van der Waals surface area contributed by atoms with Crippen LogP contribution in [0.15, 0.2) is 30.2 Å². The molecular weight excluding hydrogens is 246 g/mol. The van der Waals surface area contributed by atoms with E-state index in [1.54, 1.807) is 0 Å². The van der Waals surface area contributed by atoms with Crippen LogP contribution in [-0.2, 0) is 9.31 Å². The van der Waals surface area contributed by atoms with E-state index in [-0.39, 0.29) is 18.3 Å². The molecule has 1 aliphatic heterocycles. The standard InChI is InChI=1S/C14H18BClO2/c1-13(2)14(3,4)18-15(17-13)10-9-11-5-7-12(16)8-6-11/h5-10H,1-4H3. The van der Waals surface area contributed by atoms with Gasteiger partial charge in [-0.15, -0.1) is 0 Å². The van der Waals surface area contributed by atoms with Crippen molar-refractivity contribution in [2.24, 2.45) is 0 Å². The van der Waals surface area contributed by atoms with E-state index in [2.05, 4.69) is 0 Å². The molecule has 1 aliphatic rings. The van der Waals surface area contributed by atoms with Crippen molar-refractivity contribution in [3.63, 3.8) is 0 Å². The molecule has 96 valence electrons. The lowest BCUT2D eigenvalue weighted by Crippen LogP contribution is -2.41. The molecule has 1 saturated heterocycles. The summed E-state index contributed by atoms with van der Waals surface area (Å²) in [4.78, 5) is 0. The van der Waals surface area contributed by atoms with Gasteiger partial charge in [-0.3, -0.25) is 0 Å². The summed E-state index contributed by atoms with van der Waals surface area (Å²) in [6, 6.07) is 7.66. The molecule has 0 N–H and O–H groups in total. The summed E-state index contributed by atoms with van der Waals surface area (Å²) in [5, 5.41) is 0.739. The van der Waals surface area contributed by atoms with Crippen LogP contribution in [-0.4, -0.2) is 18.3 Å². The lowest BCUT2D eigenvalue weighted by molar-refractivity contribution is 0.00578. The second-order valence-electron chi connectivity index (χ2n) is 5.54. The summed E-state index contributed by atoms with van der Waals surface area (Å²) in [5.41, 5.74) is 0.499. The van der Waals surface area contributed by atoms with Gasteiger partial charge in [-0.25, -0.2) is 0 Å². The fourth-order valence-electron chi connectivity index (χ4n) is 1.73. The smallest absolute Gasteiger partial charge is 0.400 e. The van der Waals surface area contributed by atoms with Crippen molar-refractivity contribution in [3.8, 4) is 0 Å². The molecule has 0 aromatic heterocycles. The van der Waals surface area contributed by atoms with Crippen molar-refractivity contribution >= 4 is 24.8 Å². The van der Waals surface area contributed by atoms with Crippen molar-refractivity contribution in [1.82, 2.24) is 0 Å². The topological polar surface area (TPSA) is 18.5 Å². The van der Waals surface area contributed by atoms with Crippen molar-refractivity contribution in [2.45, 2.75) is 38.9 Å². The number of halogens is 1. The maximum atomic E-state index is 5.87. The Labute approximate surface area is 114 Å². The van der Waals surface area contributed by atoms with Gasteiger partial charge in [0, 0.05) is 5.02 Å². The Bertz CT molecular complexity index is 435. The Morgan fingerprint density at radius 3 is 2.00 bits per heavy atom. The predicted octanol–water partition coefficient (Wildman–Crippen LogP) is 3.98. The third-order valence-electron chi connectivity index (χ3n) is 3.59. The summed E-state index contributed by atoms with van der Waals surface area (Å²) in [6.45, 7) is 8.18. The fourth-order valence-corrected chi connectivity index (χ4v) is 1.86. The molecule has 0 spiro atoms. The zero-order valence-corrected chi connectivity index (χ0v) is 12.0. The molecule has 2 rings (SSSR count). The molecule has 1 aromatic rings. The summed E-state index contributed by atoms with van der Waals surface area (Å²) >= 11 is 5.84. The van der Waals surface area contributed by atoms with Gasteiger partial charge in [0.1, 0.15) is 0 Å². The van der Waals surface area contributed by atoms with Gasteiger partial charge in [0.25, 0.3) is 0 Å². The fraction of sp³-hybridized carbons (Fsp3) is 0.429. The molecule has 0 unspecified atom stereocenters. The van der Waals surface area contributed by atoms with Gasteiger partial charge < -0.3 is 9.31 Å². The van der Waals surface area contributed by atoms with Crippen molar-refractivity contribution in [1.29, 1.82) is 0 Å². The van der Waals surface area contributed by atoms with Crippen LogP contribution in [0.2, 0.25) is 5.02 Å². The second kappa shape index (κ2) is 4.73. The van der Waals surface area contributed by atoms with E-state index in [1.807, 2.05) is 64.0 Å². The first-order chi connectivity index (χ1) is 8.30. The van der Waals surface area contributed by atoms with Gasteiger partial charge in [-0.05, 0) is 45.4 Å². The van der Waals surface area contributed by atoms with E-state index in [9.17, 15) is 0 Å². The molecule has 4 heteroatoms. The molecule has 0 radical (unpaired) electrons. The molecule has 0 aliphatic carbocycles. The average molecular weight is 265 g/mol. The number of rotatable bonds is 2. The molecule has 1 fully saturated rings. The first-order valence-electron chi connectivity index (χ1n) is 6.10. The van der Waals surface area contributed by atoms with Crippen molar-refractivity contribution in [2.75, 3.05) is 0 Å². The first kappa shape index (κ1) is 13.7. The minimum Gasteiger partial charge on any atom is -0.400 e. The molecule has 0 saturated carbocycles. The van der Waals surface area contributed by atoms with E-state index < -0.39 is 0 Å². The Hall–Kier alpha value is -0.765. The molecule has 18 heavy (non-hydrogen) atoms. The highest BCUT2D eigenvalue weighted by molar-refractivity contribution is 6.52. The van der Waals surface area contributed by atoms with Crippen molar-refractivity contribution < 1.29 is 9.31 Å². The molecule has 0 amide bonds. The average Bonchev–Trinajstić information content (AvgIpc) is 2.47. The normalized spacial score (nSPS) is 21.7. The molecule has 1 heterocycles. The van der Waals surface area contributed by atoms with E-state index in [1.165, 1.54) is 0 Å². The van der Waals surface area contributed by atoms with Gasteiger partial charge in [0.15, 0.2) is 0 Å². The van der Waals surface area contributed by atoms with Gasteiger partial charge in [-0.1, -0.05) is 35.8 Å². The van der Waals surface area contributed by atoms with Gasteiger partial charge in [-0.2, -0.15) is 0 Å². The van der Waals surface area contributed by atoms with E-state index in [0.29, 0.717) is 0 Å². The Morgan fingerprint density at radius 1 is 1.00 bits per heavy atom. The third kappa shape index (κ3) is 2.79. The van der Waals surface area contributed by atoms with Crippen LogP contribution in [0.1, 0.15) is 33.3 Å². The largest absolute Gasteiger partial charge is 0.487 e. The lowest BCUT2D eigenvalue weighted by atomic mass is 9.89. The predicted molar refractivity (Wildman–Crippen MR) is 76.6 cm³/mol. The van der Waals surface area contributed by atoms with Crippen LogP contribution in [0.3, 0.4) is 0 Å². The van der Waals surface area contributed by atoms with Crippen LogP contribution in [0.5, 0.6) is 0 Å². The van der Waals surface area contributed by atoms with Crippen LogP contribution in [0.4, 0.5) is 0 Å². The second-order valence-corrected chi connectivity index (χ2v) is 5.97. The number of hydrogen-bond acceptors (Lipinski definition) is 2. The maximum absolute atomic E-state index is 5.87. The Balaban J connectivity index is 2.06. The quantitative estimate of drug-likeness (QED) is 0.752. The highest BCUT2D eigenvalue weighted by Gasteiger charge is 2.49. The summed E-state index contributed by atoms with van der Waals surface area (Å²) in [7, 11) is -0.300. The van der Waals surface area contributed by atoms with E-state index >= 15 is 0 Å². The highest BCUT2D eigenvalue weighted by Crippen LogP contribution is 2.37. The number of benzene rings is 1. The lowest BCUT2D eigenvalue weighted by Gasteiger charge is -2.32. The zero-order chi connectivity index (χ0) is 13.4. The highest BCUT2D eigenvalue weighted by atomic mass is 35.5.